The van der Waals surface area contributed by atoms with E-state index >= 15 is 0 Å². The molecule has 0 amide bonds. The molecule has 0 aromatic heterocycles. The van der Waals surface area contributed by atoms with Gasteiger partial charge in [-0.15, -0.1) is 0 Å². The highest BCUT2D eigenvalue weighted by molar-refractivity contribution is 5.76. The lowest BCUT2D eigenvalue weighted by Crippen LogP contribution is -2.64. The zero-order valence-electron chi connectivity index (χ0n) is 24.1. The molecule has 0 bridgehead atoms. The lowest BCUT2D eigenvalue weighted by atomic mass is 9.34. The standard InChI is InChI=1S/C32H50O4/c1-20(33)36-25-12-15-29(6)21(28(25,4)5)9-13-30(7)22(29)10-14-31(8)23(30)11-16-32(26(34)35)18-17-27(2,3)19-24(31)32/h11,21-22,24-25H,9-10,12-19H2,1-8H3,(H,34,35)/t21-,22+,24-,25-,29-,30+,31+,32+/m0/s1. The number of hydrogen-bond acceptors (Lipinski definition) is 3. The third-order valence-corrected chi connectivity index (χ3v) is 13.0. The highest BCUT2D eigenvalue weighted by atomic mass is 16.5. The van der Waals surface area contributed by atoms with Crippen molar-refractivity contribution in [2.75, 3.05) is 0 Å². The van der Waals surface area contributed by atoms with E-state index in [-0.39, 0.29) is 45.1 Å². The van der Waals surface area contributed by atoms with Crippen LogP contribution in [0.5, 0.6) is 0 Å². The first kappa shape index (κ1) is 26.3. The van der Waals surface area contributed by atoms with Crippen LogP contribution in [0.2, 0.25) is 0 Å². The van der Waals surface area contributed by atoms with E-state index in [1.807, 2.05) is 0 Å². The second-order valence-electron chi connectivity index (χ2n) is 15.7. The molecule has 4 saturated carbocycles. The molecule has 5 rings (SSSR count). The minimum Gasteiger partial charge on any atom is -0.481 e. The summed E-state index contributed by atoms with van der Waals surface area (Å²) in [4.78, 5) is 24.7. The molecule has 4 nitrogen and oxygen atoms in total. The third kappa shape index (κ3) is 3.37. The molecule has 0 aromatic rings. The fourth-order valence-electron chi connectivity index (χ4n) is 11.3. The van der Waals surface area contributed by atoms with Crippen LogP contribution in [-0.4, -0.2) is 23.1 Å². The van der Waals surface area contributed by atoms with Gasteiger partial charge < -0.3 is 9.84 Å². The molecule has 4 fully saturated rings. The molecular weight excluding hydrogens is 448 g/mol. The summed E-state index contributed by atoms with van der Waals surface area (Å²) in [6, 6.07) is 0. The van der Waals surface area contributed by atoms with E-state index in [1.165, 1.54) is 6.42 Å². The molecule has 5 aliphatic carbocycles. The van der Waals surface area contributed by atoms with E-state index in [4.69, 9.17) is 4.74 Å². The zero-order valence-corrected chi connectivity index (χ0v) is 24.1. The van der Waals surface area contributed by atoms with Crippen LogP contribution in [0.25, 0.3) is 0 Å². The summed E-state index contributed by atoms with van der Waals surface area (Å²) in [5.41, 5.74) is 1.47. The quantitative estimate of drug-likeness (QED) is 0.311. The van der Waals surface area contributed by atoms with Gasteiger partial charge in [0.05, 0.1) is 5.41 Å². The second kappa shape index (κ2) is 7.85. The molecule has 202 valence electrons. The number of carboxylic acid groups (broad SMARTS) is 1. The lowest BCUT2D eigenvalue weighted by Gasteiger charge is -2.70. The lowest BCUT2D eigenvalue weighted by molar-refractivity contribution is -0.200. The monoisotopic (exact) mass is 498 g/mol. The fourth-order valence-corrected chi connectivity index (χ4v) is 11.3. The predicted molar refractivity (Wildman–Crippen MR) is 142 cm³/mol. The third-order valence-electron chi connectivity index (χ3n) is 13.0. The molecule has 1 N–H and O–H groups in total. The largest absolute Gasteiger partial charge is 0.481 e. The Bertz CT molecular complexity index is 992. The van der Waals surface area contributed by atoms with Crippen LogP contribution in [0.15, 0.2) is 11.6 Å². The van der Waals surface area contributed by atoms with Gasteiger partial charge in [-0.25, -0.2) is 0 Å². The normalized spacial score (nSPS) is 48.8. The number of ether oxygens (including phenoxy) is 1. The Labute approximate surface area is 219 Å². The van der Waals surface area contributed by atoms with Gasteiger partial charge in [-0.1, -0.05) is 60.1 Å². The van der Waals surface area contributed by atoms with Crippen molar-refractivity contribution in [3.05, 3.63) is 11.6 Å². The topological polar surface area (TPSA) is 63.6 Å². The maximum absolute atomic E-state index is 12.9. The van der Waals surface area contributed by atoms with E-state index in [0.29, 0.717) is 18.3 Å². The number of carboxylic acids is 1. The van der Waals surface area contributed by atoms with Crippen LogP contribution in [-0.2, 0) is 14.3 Å². The van der Waals surface area contributed by atoms with Crippen molar-refractivity contribution < 1.29 is 19.4 Å². The van der Waals surface area contributed by atoms with Gasteiger partial charge in [0.2, 0.25) is 0 Å². The Kier molecular flexibility index (Phi) is 5.74. The summed E-state index contributed by atoms with van der Waals surface area (Å²) in [7, 11) is 0. The Balaban J connectivity index is 1.54. The summed E-state index contributed by atoms with van der Waals surface area (Å²) in [5.74, 6) is 0.616. The molecule has 0 heterocycles. The van der Waals surface area contributed by atoms with Gasteiger partial charge in [-0.3, -0.25) is 9.59 Å². The molecule has 0 radical (unpaired) electrons. The SMILES string of the molecule is CC(=O)O[C@H]1CC[C@]2(C)[C@H]3CC[C@]4(C)C(=CC[C@@]5(C(=O)O)CCC(C)(C)C[C@H]54)[C@]3(C)CC[C@H]2C1(C)C. The van der Waals surface area contributed by atoms with E-state index in [2.05, 4.69) is 54.5 Å². The smallest absolute Gasteiger partial charge is 0.310 e. The number of fused-ring (bicyclic) bond motifs is 7. The summed E-state index contributed by atoms with van der Waals surface area (Å²) >= 11 is 0. The van der Waals surface area contributed by atoms with E-state index in [1.54, 1.807) is 12.5 Å². The van der Waals surface area contributed by atoms with E-state index < -0.39 is 11.4 Å². The van der Waals surface area contributed by atoms with Crippen molar-refractivity contribution in [1.82, 2.24) is 0 Å². The Morgan fingerprint density at radius 1 is 0.833 bits per heavy atom. The van der Waals surface area contributed by atoms with Crippen LogP contribution in [0.1, 0.15) is 120 Å². The maximum Gasteiger partial charge on any atom is 0.310 e. The first-order chi connectivity index (χ1) is 16.5. The van der Waals surface area contributed by atoms with Crippen molar-refractivity contribution in [2.45, 2.75) is 126 Å². The maximum atomic E-state index is 12.9. The Morgan fingerprint density at radius 3 is 2.06 bits per heavy atom. The minimum atomic E-state index is -0.595. The number of carbonyl (C=O) groups is 2. The average molecular weight is 499 g/mol. The van der Waals surface area contributed by atoms with Crippen molar-refractivity contribution in [2.24, 2.45) is 50.2 Å². The van der Waals surface area contributed by atoms with Gasteiger partial charge in [-0.05, 0) is 104 Å². The van der Waals surface area contributed by atoms with Gasteiger partial charge in [0.1, 0.15) is 6.10 Å². The summed E-state index contributed by atoms with van der Waals surface area (Å²) in [6.07, 6.45) is 12.6. The summed E-state index contributed by atoms with van der Waals surface area (Å²) in [6.45, 7) is 18.4. The first-order valence-corrected chi connectivity index (χ1v) is 14.6. The number of esters is 1. The van der Waals surface area contributed by atoms with Gasteiger partial charge in [0.15, 0.2) is 0 Å². The molecule has 36 heavy (non-hydrogen) atoms. The van der Waals surface area contributed by atoms with Crippen molar-refractivity contribution in [1.29, 1.82) is 0 Å². The van der Waals surface area contributed by atoms with Crippen molar-refractivity contribution >= 4 is 11.9 Å². The molecular formula is C32H50O4. The van der Waals surface area contributed by atoms with Gasteiger partial charge in [0.25, 0.3) is 0 Å². The number of carbonyl (C=O) groups excluding carboxylic acids is 1. The first-order valence-electron chi connectivity index (χ1n) is 14.6. The van der Waals surface area contributed by atoms with Crippen LogP contribution in [0.3, 0.4) is 0 Å². The van der Waals surface area contributed by atoms with Gasteiger partial charge in [-0.2, -0.15) is 0 Å². The molecule has 8 atom stereocenters. The molecule has 0 aromatic carbocycles. The predicted octanol–water partition coefficient (Wildman–Crippen LogP) is 7.80. The number of rotatable bonds is 2. The molecule has 5 aliphatic rings. The Hall–Kier alpha value is -1.32. The molecule has 0 unspecified atom stereocenters. The van der Waals surface area contributed by atoms with Crippen molar-refractivity contribution in [3.8, 4) is 0 Å². The van der Waals surface area contributed by atoms with Gasteiger partial charge in [0, 0.05) is 12.3 Å². The molecule has 0 saturated heterocycles. The van der Waals surface area contributed by atoms with Crippen molar-refractivity contribution in [3.63, 3.8) is 0 Å². The number of aliphatic carboxylic acids is 1. The number of allylic oxidation sites excluding steroid dienone is 2. The van der Waals surface area contributed by atoms with Crippen LogP contribution < -0.4 is 0 Å². The molecule has 4 heteroatoms. The fraction of sp³-hybridized carbons (Fsp3) is 0.875. The second-order valence-corrected chi connectivity index (χ2v) is 15.7. The Morgan fingerprint density at radius 2 is 1.44 bits per heavy atom. The molecule has 0 spiro atoms. The summed E-state index contributed by atoms with van der Waals surface area (Å²) in [5, 5.41) is 10.6. The van der Waals surface area contributed by atoms with Crippen LogP contribution >= 0.6 is 0 Å². The zero-order chi connectivity index (χ0) is 26.5. The van der Waals surface area contributed by atoms with E-state index in [0.717, 1.165) is 51.4 Å². The highest BCUT2D eigenvalue weighted by Crippen LogP contribution is 2.75. The number of hydrogen-bond donors (Lipinski definition) is 1. The van der Waals surface area contributed by atoms with Gasteiger partial charge >= 0.3 is 11.9 Å². The minimum absolute atomic E-state index is 0.000775. The van der Waals surface area contributed by atoms with E-state index in [9.17, 15) is 14.7 Å². The average Bonchev–Trinajstić information content (AvgIpc) is 2.75. The van der Waals surface area contributed by atoms with Crippen LogP contribution in [0.4, 0.5) is 0 Å². The summed E-state index contributed by atoms with van der Waals surface area (Å²) < 4.78 is 5.87. The van der Waals surface area contributed by atoms with Crippen LogP contribution in [0, 0.1) is 50.2 Å². The molecule has 0 aliphatic heterocycles. The highest BCUT2D eigenvalue weighted by Gasteiger charge is 2.68.